The minimum absolute atomic E-state index is 0.0227. The third-order valence-electron chi connectivity index (χ3n) is 3.93. The standard InChI is InChI=1S/C16H23NO3/c18-11-15(14-9-5-2-6-10-14)17-16(19)20-12-13-7-3-1-4-8-13/h1,3-4,7-8,14-15,18H,2,5-6,9-12H2,(H,17,19). The van der Waals surface area contributed by atoms with Gasteiger partial charge in [-0.05, 0) is 24.3 Å². The molecule has 1 unspecified atom stereocenters. The molecule has 0 aliphatic heterocycles. The third-order valence-corrected chi connectivity index (χ3v) is 3.93. The lowest BCUT2D eigenvalue weighted by molar-refractivity contribution is 0.115. The van der Waals surface area contributed by atoms with Gasteiger partial charge < -0.3 is 15.2 Å². The second kappa shape index (κ2) is 7.90. The van der Waals surface area contributed by atoms with Crippen molar-refractivity contribution in [2.24, 2.45) is 5.92 Å². The van der Waals surface area contributed by atoms with Gasteiger partial charge in [-0.25, -0.2) is 4.79 Å². The third kappa shape index (κ3) is 4.53. The van der Waals surface area contributed by atoms with Crippen molar-refractivity contribution in [3.63, 3.8) is 0 Å². The van der Waals surface area contributed by atoms with Crippen LogP contribution >= 0.6 is 0 Å². The summed E-state index contributed by atoms with van der Waals surface area (Å²) in [5.41, 5.74) is 0.959. The first-order chi connectivity index (χ1) is 9.79. The van der Waals surface area contributed by atoms with Crippen molar-refractivity contribution in [1.82, 2.24) is 5.32 Å². The lowest BCUT2D eigenvalue weighted by atomic mass is 9.84. The molecule has 0 saturated heterocycles. The zero-order chi connectivity index (χ0) is 14.2. The molecule has 0 bridgehead atoms. The topological polar surface area (TPSA) is 58.6 Å². The van der Waals surface area contributed by atoms with Crippen molar-refractivity contribution >= 4 is 6.09 Å². The summed E-state index contributed by atoms with van der Waals surface area (Å²) in [7, 11) is 0. The van der Waals surface area contributed by atoms with Crippen LogP contribution in [0.2, 0.25) is 0 Å². The smallest absolute Gasteiger partial charge is 0.407 e. The van der Waals surface area contributed by atoms with Crippen LogP contribution in [0, 0.1) is 5.92 Å². The predicted octanol–water partition coefficient (Wildman–Crippen LogP) is 2.85. The van der Waals surface area contributed by atoms with Crippen molar-refractivity contribution in [2.75, 3.05) is 6.61 Å². The molecule has 2 N–H and O–H groups in total. The maximum atomic E-state index is 11.8. The Balaban J connectivity index is 1.77. The van der Waals surface area contributed by atoms with Crippen molar-refractivity contribution in [1.29, 1.82) is 0 Å². The van der Waals surface area contributed by atoms with Crippen molar-refractivity contribution in [2.45, 2.75) is 44.8 Å². The van der Waals surface area contributed by atoms with Crippen LogP contribution in [0.15, 0.2) is 30.3 Å². The fraction of sp³-hybridized carbons (Fsp3) is 0.562. The lowest BCUT2D eigenvalue weighted by Gasteiger charge is -2.29. The van der Waals surface area contributed by atoms with Gasteiger partial charge >= 0.3 is 6.09 Å². The molecule has 1 aliphatic carbocycles. The van der Waals surface area contributed by atoms with Gasteiger partial charge in [-0.3, -0.25) is 0 Å². The summed E-state index contributed by atoms with van der Waals surface area (Å²) in [5.74, 6) is 0.373. The molecule has 1 aromatic rings. The molecule has 2 rings (SSSR count). The van der Waals surface area contributed by atoms with Crippen LogP contribution in [0.25, 0.3) is 0 Å². The molecule has 0 radical (unpaired) electrons. The molecule has 0 spiro atoms. The molecule has 1 saturated carbocycles. The number of ether oxygens (including phenoxy) is 1. The van der Waals surface area contributed by atoms with Crippen LogP contribution in [-0.4, -0.2) is 23.8 Å². The van der Waals surface area contributed by atoms with Gasteiger partial charge in [0, 0.05) is 0 Å². The Morgan fingerprint density at radius 1 is 1.25 bits per heavy atom. The normalized spacial score (nSPS) is 17.4. The number of nitrogens with one attached hydrogen (secondary N) is 1. The Labute approximate surface area is 120 Å². The quantitative estimate of drug-likeness (QED) is 0.870. The zero-order valence-electron chi connectivity index (χ0n) is 11.8. The Hall–Kier alpha value is -1.55. The highest BCUT2D eigenvalue weighted by molar-refractivity contribution is 5.67. The number of aliphatic hydroxyl groups is 1. The number of hydrogen-bond donors (Lipinski definition) is 2. The van der Waals surface area contributed by atoms with Crippen molar-refractivity contribution in [3.8, 4) is 0 Å². The van der Waals surface area contributed by atoms with Gasteiger partial charge in [-0.2, -0.15) is 0 Å². The van der Waals surface area contributed by atoms with E-state index < -0.39 is 6.09 Å². The van der Waals surface area contributed by atoms with Gasteiger partial charge in [0.15, 0.2) is 0 Å². The highest BCUT2D eigenvalue weighted by atomic mass is 16.5. The number of aliphatic hydroxyl groups excluding tert-OH is 1. The fourth-order valence-corrected chi connectivity index (χ4v) is 2.77. The summed E-state index contributed by atoms with van der Waals surface area (Å²) in [5, 5.41) is 12.2. The number of carbonyl (C=O) groups excluding carboxylic acids is 1. The molecule has 4 heteroatoms. The van der Waals surface area contributed by atoms with Crippen molar-refractivity contribution < 1.29 is 14.6 Å². The molecular weight excluding hydrogens is 254 g/mol. The molecule has 0 heterocycles. The second-order valence-corrected chi connectivity index (χ2v) is 5.39. The van der Waals surface area contributed by atoms with E-state index >= 15 is 0 Å². The number of rotatable bonds is 5. The molecule has 1 aliphatic rings. The molecule has 1 fully saturated rings. The summed E-state index contributed by atoms with van der Waals surface area (Å²) in [4.78, 5) is 11.8. The van der Waals surface area contributed by atoms with Gasteiger partial charge in [0.25, 0.3) is 0 Å². The number of benzene rings is 1. The van der Waals surface area contributed by atoms with Crippen LogP contribution in [0.4, 0.5) is 4.79 Å². The fourth-order valence-electron chi connectivity index (χ4n) is 2.77. The number of alkyl carbamates (subject to hydrolysis) is 1. The van der Waals surface area contributed by atoms with Crippen LogP contribution in [-0.2, 0) is 11.3 Å². The van der Waals surface area contributed by atoms with Crippen molar-refractivity contribution in [3.05, 3.63) is 35.9 Å². The van der Waals surface area contributed by atoms with E-state index in [1.165, 1.54) is 19.3 Å². The molecule has 0 aromatic heterocycles. The lowest BCUT2D eigenvalue weighted by Crippen LogP contribution is -2.43. The average molecular weight is 277 g/mol. The van der Waals surface area contributed by atoms with Crippen LogP contribution in [0.5, 0.6) is 0 Å². The van der Waals surface area contributed by atoms with E-state index in [4.69, 9.17) is 4.74 Å². The summed E-state index contributed by atoms with van der Waals surface area (Å²) in [6, 6.07) is 9.40. The highest BCUT2D eigenvalue weighted by Gasteiger charge is 2.24. The maximum Gasteiger partial charge on any atom is 0.407 e. The van der Waals surface area contributed by atoms with E-state index in [1.54, 1.807) is 0 Å². The van der Waals surface area contributed by atoms with E-state index in [1.807, 2.05) is 30.3 Å². The molecule has 110 valence electrons. The number of hydrogen-bond acceptors (Lipinski definition) is 3. The predicted molar refractivity (Wildman–Crippen MR) is 77.2 cm³/mol. The van der Waals surface area contributed by atoms with Gasteiger partial charge in [0.2, 0.25) is 0 Å². The molecule has 1 aromatic carbocycles. The minimum atomic E-state index is -0.446. The average Bonchev–Trinajstić information content (AvgIpc) is 2.52. The van der Waals surface area contributed by atoms with Crippen LogP contribution < -0.4 is 5.32 Å². The molecule has 4 nitrogen and oxygen atoms in total. The summed E-state index contributed by atoms with van der Waals surface area (Å²) >= 11 is 0. The Bertz CT molecular complexity index is 401. The zero-order valence-corrected chi connectivity index (χ0v) is 11.8. The van der Waals surface area contributed by atoms with Gasteiger partial charge in [0.1, 0.15) is 6.61 Å². The molecule has 1 amide bonds. The van der Waals surface area contributed by atoms with Gasteiger partial charge in [-0.1, -0.05) is 49.6 Å². The van der Waals surface area contributed by atoms with Crippen LogP contribution in [0.3, 0.4) is 0 Å². The maximum absolute atomic E-state index is 11.8. The molecule has 20 heavy (non-hydrogen) atoms. The summed E-state index contributed by atoms with van der Waals surface area (Å²) < 4.78 is 5.19. The molecular formula is C16H23NO3. The largest absolute Gasteiger partial charge is 0.445 e. The van der Waals surface area contributed by atoms with E-state index in [9.17, 15) is 9.90 Å². The van der Waals surface area contributed by atoms with E-state index in [0.29, 0.717) is 5.92 Å². The number of carbonyl (C=O) groups is 1. The Kier molecular flexibility index (Phi) is 5.87. The first-order valence-electron chi connectivity index (χ1n) is 7.37. The number of amides is 1. The minimum Gasteiger partial charge on any atom is -0.445 e. The summed E-state index contributed by atoms with van der Waals surface area (Å²) in [6.45, 7) is 0.237. The summed E-state index contributed by atoms with van der Waals surface area (Å²) in [6.07, 6.45) is 5.32. The molecule has 1 atom stereocenters. The Morgan fingerprint density at radius 3 is 2.60 bits per heavy atom. The highest BCUT2D eigenvalue weighted by Crippen LogP contribution is 2.26. The monoisotopic (exact) mass is 277 g/mol. The Morgan fingerprint density at radius 2 is 1.95 bits per heavy atom. The van der Waals surface area contributed by atoms with Crippen LogP contribution in [0.1, 0.15) is 37.7 Å². The van der Waals surface area contributed by atoms with E-state index in [-0.39, 0.29) is 19.3 Å². The van der Waals surface area contributed by atoms with Gasteiger partial charge in [0.05, 0.1) is 12.6 Å². The first-order valence-corrected chi connectivity index (χ1v) is 7.37. The second-order valence-electron chi connectivity index (χ2n) is 5.39. The van der Waals surface area contributed by atoms with E-state index in [0.717, 1.165) is 18.4 Å². The van der Waals surface area contributed by atoms with E-state index in [2.05, 4.69) is 5.32 Å². The first kappa shape index (κ1) is 14.9. The SMILES string of the molecule is O=C(NC(CO)C1CCCCC1)OCc1ccccc1. The van der Waals surface area contributed by atoms with Gasteiger partial charge in [-0.15, -0.1) is 0 Å².